The van der Waals surface area contributed by atoms with Crippen molar-refractivity contribution in [3.8, 4) is 11.1 Å². The third-order valence-electron chi connectivity index (χ3n) is 4.66. The second-order valence-electron chi connectivity index (χ2n) is 6.56. The van der Waals surface area contributed by atoms with Crippen LogP contribution in [0.3, 0.4) is 0 Å². The van der Waals surface area contributed by atoms with Gasteiger partial charge < -0.3 is 19.9 Å². The van der Waals surface area contributed by atoms with Gasteiger partial charge in [0, 0.05) is 43.3 Å². The third kappa shape index (κ3) is 4.22. The van der Waals surface area contributed by atoms with Crippen LogP contribution in [0.4, 0.5) is 5.69 Å². The number of amides is 1. The molecule has 0 saturated carbocycles. The van der Waals surface area contributed by atoms with Gasteiger partial charge in [-0.1, -0.05) is 18.2 Å². The highest BCUT2D eigenvalue weighted by atomic mass is 16.5. The van der Waals surface area contributed by atoms with Gasteiger partial charge in [0.2, 0.25) is 0 Å². The Bertz CT molecular complexity index is 849. The summed E-state index contributed by atoms with van der Waals surface area (Å²) in [6, 6.07) is 7.92. The quantitative estimate of drug-likeness (QED) is 0.573. The molecule has 0 unspecified atom stereocenters. The monoisotopic (exact) mass is 369 g/mol. The summed E-state index contributed by atoms with van der Waals surface area (Å²) >= 11 is 0. The number of anilines is 1. The molecule has 0 radical (unpaired) electrons. The van der Waals surface area contributed by atoms with Crippen molar-refractivity contribution < 1.29 is 14.3 Å². The number of nitrogens with two attached hydrogens (primary N) is 1. The van der Waals surface area contributed by atoms with E-state index in [-0.39, 0.29) is 12.4 Å². The lowest BCUT2D eigenvalue weighted by Gasteiger charge is -2.14. The molecule has 1 amide bonds. The second kappa shape index (κ2) is 8.58. The Balaban J connectivity index is 2.67. The molecule has 2 aromatic rings. The Morgan fingerprint density at radius 1 is 1.26 bits per heavy atom. The van der Waals surface area contributed by atoms with Crippen molar-refractivity contribution in [1.29, 1.82) is 0 Å². The van der Waals surface area contributed by atoms with Crippen molar-refractivity contribution in [1.82, 2.24) is 4.57 Å². The van der Waals surface area contributed by atoms with E-state index in [4.69, 9.17) is 10.5 Å². The number of nitrogens with zero attached hydrogens (tertiary/aromatic N) is 2. The van der Waals surface area contributed by atoms with Gasteiger partial charge in [-0.3, -0.25) is 9.59 Å². The fourth-order valence-corrected chi connectivity index (χ4v) is 3.29. The molecule has 2 N–H and O–H groups in total. The van der Waals surface area contributed by atoms with Crippen molar-refractivity contribution in [2.75, 3.05) is 26.1 Å². The number of esters is 1. The van der Waals surface area contributed by atoms with Gasteiger partial charge in [-0.05, 0) is 31.0 Å². The average Bonchev–Trinajstić information content (AvgIpc) is 2.92. The van der Waals surface area contributed by atoms with E-state index in [1.807, 2.05) is 54.8 Å². The molecule has 6 nitrogen and oxygen atoms in total. The van der Waals surface area contributed by atoms with Gasteiger partial charge in [0.1, 0.15) is 0 Å². The molecule has 0 spiro atoms. The zero-order chi connectivity index (χ0) is 20.1. The van der Waals surface area contributed by atoms with Crippen LogP contribution in [0.1, 0.15) is 28.2 Å². The van der Waals surface area contributed by atoms with Crippen LogP contribution in [0.15, 0.2) is 36.9 Å². The lowest BCUT2D eigenvalue weighted by atomic mass is 9.97. The summed E-state index contributed by atoms with van der Waals surface area (Å²) in [4.78, 5) is 25.9. The Hall–Kier alpha value is -3.02. The van der Waals surface area contributed by atoms with Gasteiger partial charge in [0.05, 0.1) is 19.1 Å². The highest BCUT2D eigenvalue weighted by Crippen LogP contribution is 2.34. The minimum Gasteiger partial charge on any atom is -0.469 e. The smallest absolute Gasteiger partial charge is 0.305 e. The van der Waals surface area contributed by atoms with Gasteiger partial charge in [0.15, 0.2) is 0 Å². The summed E-state index contributed by atoms with van der Waals surface area (Å²) in [5, 5.41) is 0. The predicted molar refractivity (Wildman–Crippen MR) is 108 cm³/mol. The summed E-state index contributed by atoms with van der Waals surface area (Å²) in [5.74, 6) is -0.783. The highest BCUT2D eigenvalue weighted by molar-refractivity contribution is 6.02. The van der Waals surface area contributed by atoms with E-state index in [9.17, 15) is 9.59 Å². The van der Waals surface area contributed by atoms with E-state index in [1.54, 1.807) is 6.08 Å². The molecule has 27 heavy (non-hydrogen) atoms. The van der Waals surface area contributed by atoms with Crippen molar-refractivity contribution in [2.45, 2.75) is 26.3 Å². The van der Waals surface area contributed by atoms with E-state index in [1.165, 1.54) is 7.11 Å². The number of ether oxygens (including phenoxy) is 1. The third-order valence-corrected chi connectivity index (χ3v) is 4.66. The molecule has 1 aromatic carbocycles. The van der Waals surface area contributed by atoms with E-state index >= 15 is 0 Å². The number of primary amides is 1. The fourth-order valence-electron chi connectivity index (χ4n) is 3.29. The van der Waals surface area contributed by atoms with Gasteiger partial charge >= 0.3 is 5.97 Å². The molecule has 0 aliphatic rings. The first-order chi connectivity index (χ1) is 12.8. The number of benzene rings is 1. The highest BCUT2D eigenvalue weighted by Gasteiger charge is 2.24. The van der Waals surface area contributed by atoms with Crippen LogP contribution in [0.25, 0.3) is 11.1 Å². The minimum atomic E-state index is -0.485. The Kier molecular flexibility index (Phi) is 6.45. The topological polar surface area (TPSA) is 77.6 Å². The molecule has 1 heterocycles. The molecule has 2 rings (SSSR count). The first-order valence-corrected chi connectivity index (χ1v) is 8.79. The molecule has 0 aliphatic carbocycles. The van der Waals surface area contributed by atoms with Crippen LogP contribution >= 0.6 is 0 Å². The van der Waals surface area contributed by atoms with Crippen molar-refractivity contribution in [2.24, 2.45) is 5.73 Å². The molecule has 0 atom stereocenters. The number of hydrogen-bond donors (Lipinski definition) is 1. The zero-order valence-corrected chi connectivity index (χ0v) is 16.4. The van der Waals surface area contributed by atoms with E-state index < -0.39 is 5.91 Å². The Morgan fingerprint density at radius 2 is 1.89 bits per heavy atom. The lowest BCUT2D eigenvalue weighted by Crippen LogP contribution is -2.13. The summed E-state index contributed by atoms with van der Waals surface area (Å²) in [7, 11) is 5.30. The van der Waals surface area contributed by atoms with Crippen molar-refractivity contribution >= 4 is 17.6 Å². The molecule has 0 saturated heterocycles. The normalized spacial score (nSPS) is 10.5. The fraction of sp³-hybridized carbons (Fsp3) is 0.333. The van der Waals surface area contributed by atoms with Crippen molar-refractivity contribution in [3.63, 3.8) is 0 Å². The van der Waals surface area contributed by atoms with Crippen LogP contribution in [-0.4, -0.2) is 37.6 Å². The summed E-state index contributed by atoms with van der Waals surface area (Å²) in [5.41, 5.74) is 10.6. The van der Waals surface area contributed by atoms with Crippen LogP contribution in [0.5, 0.6) is 0 Å². The number of carbonyl (C=O) groups is 2. The number of carbonyl (C=O) groups excluding carboxylic acids is 2. The van der Waals surface area contributed by atoms with E-state index in [0.717, 1.165) is 28.2 Å². The zero-order valence-electron chi connectivity index (χ0n) is 16.4. The first-order valence-electron chi connectivity index (χ1n) is 8.79. The maximum atomic E-state index is 12.2. The first kappa shape index (κ1) is 20.3. The van der Waals surface area contributed by atoms with Gasteiger partial charge in [-0.15, -0.1) is 6.58 Å². The Morgan fingerprint density at radius 3 is 2.37 bits per heavy atom. The SMILES string of the molecule is C=CCn1c(C)c(C(N)=O)c(-c2ccc(N(C)C)cc2)c1CCC(=O)OC. The van der Waals surface area contributed by atoms with Crippen LogP contribution < -0.4 is 10.6 Å². The predicted octanol–water partition coefficient (Wildman–Crippen LogP) is 2.92. The number of allylic oxidation sites excluding steroid dienone is 1. The standard InChI is InChI=1S/C21H27N3O3/c1-6-13-24-14(2)19(21(22)26)20(17(24)11-12-18(25)27-5)15-7-9-16(10-8-15)23(3)4/h6-10H,1,11-13H2,2-5H3,(H2,22,26). The van der Waals surface area contributed by atoms with E-state index in [2.05, 4.69) is 6.58 Å². The Labute approximate surface area is 160 Å². The molecule has 0 fully saturated rings. The number of methoxy groups -OCH3 is 1. The van der Waals surface area contributed by atoms with Gasteiger partial charge in [-0.25, -0.2) is 0 Å². The van der Waals surface area contributed by atoms with Crippen LogP contribution in [0, 0.1) is 6.92 Å². The van der Waals surface area contributed by atoms with Crippen LogP contribution in [0.2, 0.25) is 0 Å². The molecular formula is C21H27N3O3. The molecule has 144 valence electrons. The number of rotatable bonds is 8. The maximum Gasteiger partial charge on any atom is 0.305 e. The van der Waals surface area contributed by atoms with Gasteiger partial charge in [-0.2, -0.15) is 0 Å². The molecule has 1 aromatic heterocycles. The molecular weight excluding hydrogens is 342 g/mol. The minimum absolute atomic E-state index is 0.220. The number of hydrogen-bond acceptors (Lipinski definition) is 4. The molecule has 0 bridgehead atoms. The van der Waals surface area contributed by atoms with E-state index in [0.29, 0.717) is 18.5 Å². The molecule has 0 aliphatic heterocycles. The largest absolute Gasteiger partial charge is 0.469 e. The summed E-state index contributed by atoms with van der Waals surface area (Å²) in [6.45, 7) is 6.19. The summed E-state index contributed by atoms with van der Waals surface area (Å²) in [6.07, 6.45) is 2.43. The van der Waals surface area contributed by atoms with Gasteiger partial charge in [0.25, 0.3) is 5.91 Å². The number of aromatic nitrogens is 1. The maximum absolute atomic E-state index is 12.2. The summed E-state index contributed by atoms with van der Waals surface area (Å²) < 4.78 is 6.77. The molecule has 6 heteroatoms. The van der Waals surface area contributed by atoms with Crippen LogP contribution in [-0.2, 0) is 22.5 Å². The average molecular weight is 369 g/mol. The lowest BCUT2D eigenvalue weighted by molar-refractivity contribution is -0.140. The van der Waals surface area contributed by atoms with Crippen molar-refractivity contribution in [3.05, 3.63) is 53.9 Å². The second-order valence-corrected chi connectivity index (χ2v) is 6.56.